The number of pyridine rings is 1. The number of alkyl halides is 3. The predicted molar refractivity (Wildman–Crippen MR) is 211 cm³/mol. The standard InChI is InChI=1S/C41H45F3N8O8/c1-25-2-3-27(46-40(57)51-9-8-29(24-51)60-41(42,43)44)21-31(25)26-20-34(50-15-17-58-18-16-50)37(45-23-26)59-19-14-48-10-12-49(13-11-48)28-4-5-30-32(22-28)39(56)52(38(30)55)33-6-7-35(53)47-36(33)54/h2-5,20-23,29,33H,6-19,24H2,1H3,(H,46,57)(H,47,53,54)/t29-,33?/m1/s1. The van der Waals surface area contributed by atoms with Crippen molar-refractivity contribution in [3.05, 3.63) is 65.4 Å². The van der Waals surface area contributed by atoms with Crippen molar-refractivity contribution in [1.29, 1.82) is 0 Å². The number of hydrogen-bond donors (Lipinski definition) is 2. The number of anilines is 3. The molecule has 0 spiro atoms. The number of nitrogens with one attached hydrogen (secondary N) is 2. The largest absolute Gasteiger partial charge is 0.522 e. The second-order valence-electron chi connectivity index (χ2n) is 15.4. The van der Waals surface area contributed by atoms with Crippen LogP contribution < -0.4 is 25.2 Å². The summed E-state index contributed by atoms with van der Waals surface area (Å²) in [5.41, 5.74) is 5.16. The highest BCUT2D eigenvalue weighted by atomic mass is 19.4. The van der Waals surface area contributed by atoms with Gasteiger partial charge in [-0.1, -0.05) is 6.07 Å². The van der Waals surface area contributed by atoms with E-state index in [1.54, 1.807) is 24.4 Å². The average Bonchev–Trinajstić information content (AvgIpc) is 3.79. The van der Waals surface area contributed by atoms with E-state index in [2.05, 4.69) is 30.1 Å². The van der Waals surface area contributed by atoms with E-state index < -0.39 is 48.2 Å². The monoisotopic (exact) mass is 834 g/mol. The third-order valence-electron chi connectivity index (χ3n) is 11.5. The number of piperidine rings is 1. The number of morpholine rings is 1. The van der Waals surface area contributed by atoms with Crippen molar-refractivity contribution in [1.82, 2.24) is 25.0 Å². The Kier molecular flexibility index (Phi) is 11.6. The van der Waals surface area contributed by atoms with Gasteiger partial charge in [-0.05, 0) is 67.3 Å². The van der Waals surface area contributed by atoms with Gasteiger partial charge in [-0.3, -0.25) is 39.0 Å². The molecular weight excluding hydrogens is 789 g/mol. The summed E-state index contributed by atoms with van der Waals surface area (Å²) in [7, 11) is 0. The molecule has 6 heterocycles. The van der Waals surface area contributed by atoms with E-state index in [-0.39, 0.29) is 43.5 Å². The van der Waals surface area contributed by atoms with Gasteiger partial charge in [0, 0.05) is 88.5 Å². The Labute approximate surface area is 343 Å². The highest BCUT2D eigenvalue weighted by molar-refractivity contribution is 6.23. The molecule has 5 aliphatic rings. The van der Waals surface area contributed by atoms with Gasteiger partial charge in [0.1, 0.15) is 18.3 Å². The molecule has 1 aromatic heterocycles. The summed E-state index contributed by atoms with van der Waals surface area (Å²) >= 11 is 0. The molecule has 2 aromatic carbocycles. The van der Waals surface area contributed by atoms with E-state index in [0.29, 0.717) is 64.1 Å². The van der Waals surface area contributed by atoms with Gasteiger partial charge in [-0.25, -0.2) is 9.78 Å². The average molecular weight is 835 g/mol. The maximum Gasteiger partial charge on any atom is 0.522 e. The van der Waals surface area contributed by atoms with Crippen LogP contribution in [0.15, 0.2) is 48.7 Å². The van der Waals surface area contributed by atoms with E-state index in [9.17, 15) is 37.1 Å². The number of amides is 6. The number of carbonyl (C=O) groups is 5. The molecule has 16 nitrogen and oxygen atoms in total. The number of nitrogens with zero attached hydrogens (tertiary/aromatic N) is 6. The van der Waals surface area contributed by atoms with Crippen LogP contribution in [0.25, 0.3) is 11.1 Å². The first-order valence-corrected chi connectivity index (χ1v) is 20.0. The highest BCUT2D eigenvalue weighted by Crippen LogP contribution is 2.35. The number of halogens is 3. The fraction of sp³-hybridized carbons (Fsp3) is 0.463. The summed E-state index contributed by atoms with van der Waals surface area (Å²) in [6.07, 6.45) is -3.89. The van der Waals surface area contributed by atoms with Crippen molar-refractivity contribution in [2.45, 2.75) is 44.7 Å². The fourth-order valence-electron chi connectivity index (χ4n) is 8.30. The summed E-state index contributed by atoms with van der Waals surface area (Å²) in [5, 5.41) is 5.04. The molecule has 3 aromatic rings. The summed E-state index contributed by atoms with van der Waals surface area (Å²) in [6.45, 7) is 8.13. The number of imide groups is 2. The molecule has 318 valence electrons. The highest BCUT2D eigenvalue weighted by Gasteiger charge is 2.45. The summed E-state index contributed by atoms with van der Waals surface area (Å²) in [5.74, 6) is -1.65. The lowest BCUT2D eigenvalue weighted by Crippen LogP contribution is -2.54. The zero-order valence-electron chi connectivity index (χ0n) is 33.0. The first kappa shape index (κ1) is 41.0. The van der Waals surface area contributed by atoms with Gasteiger partial charge in [0.15, 0.2) is 0 Å². The minimum atomic E-state index is -4.76. The maximum atomic E-state index is 13.4. The first-order valence-electron chi connectivity index (χ1n) is 20.0. The molecule has 4 fully saturated rings. The number of likely N-dealkylation sites (tertiary alicyclic amines) is 1. The molecule has 5 aliphatic heterocycles. The molecule has 0 bridgehead atoms. The van der Waals surface area contributed by atoms with Crippen LogP contribution in [0.1, 0.15) is 45.5 Å². The molecule has 0 radical (unpaired) electrons. The van der Waals surface area contributed by atoms with Gasteiger partial charge in [0.2, 0.25) is 17.7 Å². The Morgan fingerprint density at radius 1 is 0.900 bits per heavy atom. The molecule has 1 unspecified atom stereocenters. The third-order valence-corrected chi connectivity index (χ3v) is 11.5. The Hall–Kier alpha value is -5.79. The number of rotatable bonds is 10. The number of urea groups is 1. The Balaban J connectivity index is 0.880. The number of fused-ring (bicyclic) bond motifs is 1. The van der Waals surface area contributed by atoms with E-state index >= 15 is 0 Å². The van der Waals surface area contributed by atoms with Gasteiger partial charge in [0.25, 0.3) is 11.8 Å². The van der Waals surface area contributed by atoms with Crippen molar-refractivity contribution in [2.75, 3.05) is 93.8 Å². The molecule has 2 N–H and O–H groups in total. The van der Waals surface area contributed by atoms with Gasteiger partial charge >= 0.3 is 12.4 Å². The van der Waals surface area contributed by atoms with Crippen molar-refractivity contribution in [2.24, 2.45) is 0 Å². The molecule has 8 rings (SSSR count). The summed E-state index contributed by atoms with van der Waals surface area (Å²) in [4.78, 5) is 77.2. The lowest BCUT2D eigenvalue weighted by molar-refractivity contribution is -0.340. The summed E-state index contributed by atoms with van der Waals surface area (Å²) < 4.78 is 54.2. The molecular formula is C41H45F3N8O8. The molecule has 60 heavy (non-hydrogen) atoms. The number of carbonyl (C=O) groups excluding carboxylic acids is 5. The molecule has 19 heteroatoms. The Morgan fingerprint density at radius 2 is 1.67 bits per heavy atom. The van der Waals surface area contributed by atoms with Gasteiger partial charge in [-0.15, -0.1) is 13.2 Å². The zero-order chi connectivity index (χ0) is 42.1. The lowest BCUT2D eigenvalue weighted by atomic mass is 10.0. The second kappa shape index (κ2) is 17.1. The first-order chi connectivity index (χ1) is 28.8. The molecule has 2 atom stereocenters. The third kappa shape index (κ3) is 8.87. The predicted octanol–water partition coefficient (Wildman–Crippen LogP) is 3.64. The van der Waals surface area contributed by atoms with E-state index in [1.807, 2.05) is 31.2 Å². The normalized spacial score (nSPS) is 21.4. The van der Waals surface area contributed by atoms with Gasteiger partial charge in [0.05, 0.1) is 30.4 Å². The SMILES string of the molecule is Cc1ccc(NC(=O)N2CC[C@@H](OC(F)(F)F)C2)cc1-c1cnc(OCCN2CCN(c3ccc4c(c3)C(=O)N(C3CCC(=O)NC3=O)C4=O)CC2)c(N2CCOCC2)c1. The van der Waals surface area contributed by atoms with Gasteiger partial charge < -0.3 is 29.5 Å². The van der Waals surface area contributed by atoms with Crippen LogP contribution in [0.5, 0.6) is 5.88 Å². The topological polar surface area (TPSA) is 166 Å². The van der Waals surface area contributed by atoms with Crippen LogP contribution in [0.4, 0.5) is 35.0 Å². The number of ether oxygens (including phenoxy) is 3. The number of benzene rings is 2. The van der Waals surface area contributed by atoms with Crippen LogP contribution >= 0.6 is 0 Å². The van der Waals surface area contributed by atoms with Crippen LogP contribution in [-0.4, -0.2) is 147 Å². The molecule has 4 saturated heterocycles. The second-order valence-corrected chi connectivity index (χ2v) is 15.4. The van der Waals surface area contributed by atoms with Crippen LogP contribution in [-0.2, 0) is 19.1 Å². The molecule has 0 aliphatic carbocycles. The Bertz CT molecular complexity index is 2180. The molecule has 0 saturated carbocycles. The lowest BCUT2D eigenvalue weighted by Gasteiger charge is -2.36. The van der Waals surface area contributed by atoms with Crippen LogP contribution in [0.3, 0.4) is 0 Å². The quantitative estimate of drug-likeness (QED) is 0.286. The minimum absolute atomic E-state index is 0.0587. The maximum absolute atomic E-state index is 13.4. The van der Waals surface area contributed by atoms with Crippen molar-refractivity contribution in [3.63, 3.8) is 0 Å². The summed E-state index contributed by atoms with van der Waals surface area (Å²) in [6, 6.07) is 11.1. The van der Waals surface area contributed by atoms with E-state index in [0.717, 1.165) is 46.1 Å². The van der Waals surface area contributed by atoms with E-state index in [1.165, 1.54) is 4.90 Å². The minimum Gasteiger partial charge on any atom is -0.475 e. The number of piperazine rings is 1. The van der Waals surface area contributed by atoms with E-state index in [4.69, 9.17) is 14.5 Å². The van der Waals surface area contributed by atoms with Crippen molar-refractivity contribution >= 4 is 46.7 Å². The fourth-order valence-corrected chi connectivity index (χ4v) is 8.30. The zero-order valence-corrected chi connectivity index (χ0v) is 33.0. The number of aryl methyl sites for hydroxylation is 1. The number of hydrogen-bond acceptors (Lipinski definition) is 12. The smallest absolute Gasteiger partial charge is 0.475 e. The molecule has 6 amide bonds. The Morgan fingerprint density at radius 3 is 2.42 bits per heavy atom. The van der Waals surface area contributed by atoms with Crippen molar-refractivity contribution in [3.8, 4) is 17.0 Å². The van der Waals surface area contributed by atoms with Gasteiger partial charge in [-0.2, -0.15) is 0 Å². The van der Waals surface area contributed by atoms with Crippen LogP contribution in [0.2, 0.25) is 0 Å². The number of aromatic nitrogens is 1. The van der Waals surface area contributed by atoms with Crippen molar-refractivity contribution < 1.29 is 51.4 Å². The van der Waals surface area contributed by atoms with Crippen LogP contribution in [0, 0.1) is 6.92 Å².